The quantitative estimate of drug-likeness (QED) is 0.591. The number of rotatable bonds is 10. The van der Waals surface area contributed by atoms with Gasteiger partial charge in [0.1, 0.15) is 5.37 Å². The molecule has 1 unspecified atom stereocenters. The number of carbonyl (C=O) groups is 1. The summed E-state index contributed by atoms with van der Waals surface area (Å²) in [5.41, 5.74) is 0.922. The van der Waals surface area contributed by atoms with Crippen molar-refractivity contribution in [2.75, 3.05) is 46.8 Å². The first-order chi connectivity index (χ1) is 12.2. The third-order valence-corrected chi connectivity index (χ3v) is 5.24. The fourth-order valence-corrected chi connectivity index (χ4v) is 4.09. The molecule has 1 heterocycles. The molecule has 1 aliphatic rings. The van der Waals surface area contributed by atoms with E-state index in [1.807, 2.05) is 17.0 Å². The lowest BCUT2D eigenvalue weighted by atomic mass is 10.1. The zero-order valence-corrected chi connectivity index (χ0v) is 16.2. The molecule has 0 spiro atoms. The molecule has 7 heteroatoms. The molecule has 0 saturated carbocycles. The van der Waals surface area contributed by atoms with Crippen LogP contribution in [-0.2, 0) is 9.53 Å². The number of methoxy groups -OCH3 is 3. The summed E-state index contributed by atoms with van der Waals surface area (Å²) in [5, 5.41) is -0.0894. The molecular formula is C18H27NO5S. The second kappa shape index (κ2) is 9.77. The summed E-state index contributed by atoms with van der Waals surface area (Å²) in [6.45, 7) is 4.17. The number of amides is 1. The van der Waals surface area contributed by atoms with Crippen LogP contribution in [0.5, 0.6) is 17.2 Å². The maximum Gasteiger partial charge on any atom is 0.233 e. The van der Waals surface area contributed by atoms with Gasteiger partial charge in [0.25, 0.3) is 0 Å². The molecule has 1 amide bonds. The van der Waals surface area contributed by atoms with Crippen LogP contribution in [0.2, 0.25) is 0 Å². The Labute approximate surface area is 153 Å². The average Bonchev–Trinajstić information content (AvgIpc) is 3.00. The second-order valence-corrected chi connectivity index (χ2v) is 6.71. The highest BCUT2D eigenvalue weighted by molar-refractivity contribution is 8.00. The highest BCUT2D eigenvalue weighted by Crippen LogP contribution is 2.48. The van der Waals surface area contributed by atoms with Gasteiger partial charge in [-0.3, -0.25) is 4.79 Å². The molecule has 140 valence electrons. The van der Waals surface area contributed by atoms with Crippen molar-refractivity contribution in [2.45, 2.75) is 25.1 Å². The first kappa shape index (κ1) is 19.7. The van der Waals surface area contributed by atoms with Gasteiger partial charge in [0.2, 0.25) is 11.7 Å². The topological polar surface area (TPSA) is 57.2 Å². The van der Waals surface area contributed by atoms with Crippen LogP contribution in [0.15, 0.2) is 12.1 Å². The molecule has 6 nitrogen and oxygen atoms in total. The van der Waals surface area contributed by atoms with Crippen LogP contribution in [0.4, 0.5) is 0 Å². The number of thioether (sulfide) groups is 1. The summed E-state index contributed by atoms with van der Waals surface area (Å²) in [6, 6.07) is 3.79. The van der Waals surface area contributed by atoms with Crippen LogP contribution in [0.25, 0.3) is 0 Å². The number of hydrogen-bond donors (Lipinski definition) is 0. The second-order valence-electron chi connectivity index (χ2n) is 5.64. The molecule has 0 aromatic heterocycles. The number of nitrogens with zero attached hydrogens (tertiary/aromatic N) is 1. The summed E-state index contributed by atoms with van der Waals surface area (Å²) < 4.78 is 21.9. The van der Waals surface area contributed by atoms with Crippen LogP contribution >= 0.6 is 11.8 Å². The average molecular weight is 369 g/mol. The van der Waals surface area contributed by atoms with Gasteiger partial charge in [-0.1, -0.05) is 6.92 Å². The van der Waals surface area contributed by atoms with Crippen LogP contribution in [0.3, 0.4) is 0 Å². The van der Waals surface area contributed by atoms with Crippen molar-refractivity contribution < 1.29 is 23.7 Å². The summed E-state index contributed by atoms with van der Waals surface area (Å²) in [4.78, 5) is 14.2. The van der Waals surface area contributed by atoms with Crippen LogP contribution in [-0.4, -0.2) is 57.6 Å². The van der Waals surface area contributed by atoms with Gasteiger partial charge in [0.05, 0.1) is 27.1 Å². The van der Waals surface area contributed by atoms with Crippen LogP contribution in [0.1, 0.15) is 30.7 Å². The highest BCUT2D eigenvalue weighted by Gasteiger charge is 2.35. The third kappa shape index (κ3) is 4.52. The smallest absolute Gasteiger partial charge is 0.233 e. The Bertz CT molecular complexity index is 581. The molecule has 1 aromatic carbocycles. The van der Waals surface area contributed by atoms with Crippen molar-refractivity contribution in [3.63, 3.8) is 0 Å². The molecule has 1 atom stereocenters. The van der Waals surface area contributed by atoms with E-state index in [9.17, 15) is 4.79 Å². The Morgan fingerprint density at radius 2 is 1.88 bits per heavy atom. The van der Waals surface area contributed by atoms with Gasteiger partial charge < -0.3 is 23.8 Å². The lowest BCUT2D eigenvalue weighted by Gasteiger charge is -2.26. The number of carbonyl (C=O) groups excluding carboxylic acids is 1. The van der Waals surface area contributed by atoms with E-state index in [2.05, 4.69) is 6.92 Å². The van der Waals surface area contributed by atoms with E-state index in [1.54, 1.807) is 33.1 Å². The van der Waals surface area contributed by atoms with Crippen molar-refractivity contribution in [1.29, 1.82) is 0 Å². The van der Waals surface area contributed by atoms with E-state index >= 15 is 0 Å². The van der Waals surface area contributed by atoms with Crippen molar-refractivity contribution in [3.8, 4) is 17.2 Å². The maximum absolute atomic E-state index is 12.3. The van der Waals surface area contributed by atoms with E-state index in [4.69, 9.17) is 18.9 Å². The Kier molecular flexibility index (Phi) is 7.71. The standard InChI is InChI=1S/C18H27NO5S/c1-5-10-24-11-6-9-19-15(20)12-25-18(19)13-7-8-14(21-2)17(23-4)16(13)22-3/h7-8,18H,5-6,9-12H2,1-4H3. The molecular weight excluding hydrogens is 342 g/mol. The van der Waals surface area contributed by atoms with Gasteiger partial charge in [0, 0.05) is 25.3 Å². The first-order valence-corrected chi connectivity index (χ1v) is 9.50. The molecule has 0 N–H and O–H groups in total. The van der Waals surface area contributed by atoms with Crippen molar-refractivity contribution in [3.05, 3.63) is 17.7 Å². The molecule has 1 fully saturated rings. The Morgan fingerprint density at radius 3 is 2.52 bits per heavy atom. The number of benzene rings is 1. The van der Waals surface area contributed by atoms with Crippen molar-refractivity contribution in [2.24, 2.45) is 0 Å². The van der Waals surface area contributed by atoms with Gasteiger partial charge in [-0.05, 0) is 25.0 Å². The zero-order chi connectivity index (χ0) is 18.2. The molecule has 0 aliphatic carbocycles. The predicted octanol–water partition coefficient (Wildman–Crippen LogP) is 3.10. The highest BCUT2D eigenvalue weighted by atomic mass is 32.2. The van der Waals surface area contributed by atoms with Gasteiger partial charge in [-0.25, -0.2) is 0 Å². The van der Waals surface area contributed by atoms with Crippen molar-refractivity contribution in [1.82, 2.24) is 4.90 Å². The molecule has 25 heavy (non-hydrogen) atoms. The van der Waals surface area contributed by atoms with Crippen molar-refractivity contribution >= 4 is 17.7 Å². The fourth-order valence-electron chi connectivity index (χ4n) is 2.86. The van der Waals surface area contributed by atoms with Gasteiger partial charge in [-0.15, -0.1) is 11.8 Å². The van der Waals surface area contributed by atoms with E-state index in [0.29, 0.717) is 36.2 Å². The zero-order valence-electron chi connectivity index (χ0n) is 15.4. The molecule has 1 aromatic rings. The van der Waals surface area contributed by atoms with E-state index in [-0.39, 0.29) is 11.3 Å². The van der Waals surface area contributed by atoms with Gasteiger partial charge in [-0.2, -0.15) is 0 Å². The molecule has 1 saturated heterocycles. The monoisotopic (exact) mass is 369 g/mol. The van der Waals surface area contributed by atoms with E-state index < -0.39 is 0 Å². The lowest BCUT2D eigenvalue weighted by molar-refractivity contribution is -0.128. The molecule has 0 bridgehead atoms. The summed E-state index contributed by atoms with van der Waals surface area (Å²) in [5.74, 6) is 2.38. The number of hydrogen-bond acceptors (Lipinski definition) is 6. The lowest BCUT2D eigenvalue weighted by Crippen LogP contribution is -2.30. The Morgan fingerprint density at radius 1 is 1.12 bits per heavy atom. The molecule has 1 aliphatic heterocycles. The number of ether oxygens (including phenoxy) is 4. The minimum atomic E-state index is -0.0894. The minimum absolute atomic E-state index is 0.0894. The summed E-state index contributed by atoms with van der Waals surface area (Å²) in [7, 11) is 4.78. The SMILES string of the molecule is CCCOCCCN1C(=O)CSC1c1ccc(OC)c(OC)c1OC. The van der Waals surface area contributed by atoms with Gasteiger partial charge >= 0.3 is 0 Å². The molecule has 2 rings (SSSR count). The van der Waals surface area contributed by atoms with Crippen LogP contribution < -0.4 is 14.2 Å². The fraction of sp³-hybridized carbons (Fsp3) is 0.611. The first-order valence-electron chi connectivity index (χ1n) is 8.45. The van der Waals surface area contributed by atoms with E-state index in [1.165, 1.54) is 0 Å². The largest absolute Gasteiger partial charge is 0.493 e. The maximum atomic E-state index is 12.3. The molecule has 0 radical (unpaired) electrons. The van der Waals surface area contributed by atoms with E-state index in [0.717, 1.165) is 25.0 Å². The van der Waals surface area contributed by atoms with Gasteiger partial charge in [0.15, 0.2) is 11.5 Å². The normalized spacial score (nSPS) is 17.0. The predicted molar refractivity (Wildman–Crippen MR) is 98.7 cm³/mol. The van der Waals surface area contributed by atoms with Crippen LogP contribution in [0, 0.1) is 0 Å². The Balaban J connectivity index is 2.19. The third-order valence-electron chi connectivity index (χ3n) is 4.00. The summed E-state index contributed by atoms with van der Waals surface area (Å²) in [6.07, 6.45) is 1.82. The Hall–Kier alpha value is -1.60. The summed E-state index contributed by atoms with van der Waals surface area (Å²) >= 11 is 1.60. The minimum Gasteiger partial charge on any atom is -0.493 e.